The molecule has 4 fully saturated rings. The Morgan fingerprint density at radius 1 is 0.857 bits per heavy atom. The minimum Gasteiger partial charge on any atom is -0.300 e. The van der Waals surface area contributed by atoms with Crippen molar-refractivity contribution in [3.05, 3.63) is 0 Å². The Labute approximate surface area is 130 Å². The topological polar surface area (TPSA) is 17.1 Å². The molecule has 1 heteroatoms. The third-order valence-corrected chi connectivity index (χ3v) is 8.37. The first-order valence-corrected chi connectivity index (χ1v) is 9.61. The minimum atomic E-state index is 0.356. The van der Waals surface area contributed by atoms with Gasteiger partial charge in [-0.2, -0.15) is 0 Å². The van der Waals surface area contributed by atoms with Crippen LogP contribution < -0.4 is 0 Å². The maximum absolute atomic E-state index is 12.1. The number of rotatable bonds is 1. The molecular formula is C20H32O. The average molecular weight is 288 g/mol. The van der Waals surface area contributed by atoms with E-state index in [0.717, 1.165) is 29.6 Å². The first-order valence-electron chi connectivity index (χ1n) is 9.61. The summed E-state index contributed by atoms with van der Waals surface area (Å²) in [6.07, 6.45) is 14.3. The first kappa shape index (κ1) is 14.3. The second-order valence-corrected chi connectivity index (χ2v) is 9.01. The highest BCUT2D eigenvalue weighted by atomic mass is 16.1. The molecule has 0 saturated heterocycles. The van der Waals surface area contributed by atoms with Crippen LogP contribution in [0.25, 0.3) is 0 Å². The molecule has 0 aromatic rings. The van der Waals surface area contributed by atoms with E-state index in [2.05, 4.69) is 6.92 Å². The third kappa shape index (κ3) is 2.05. The summed E-state index contributed by atoms with van der Waals surface area (Å²) in [5.74, 6) is 5.83. The Bertz CT molecular complexity index is 428. The molecule has 0 aliphatic heterocycles. The van der Waals surface area contributed by atoms with Crippen LogP contribution in [0.15, 0.2) is 0 Å². The van der Waals surface area contributed by atoms with Crippen LogP contribution in [-0.2, 0) is 4.79 Å². The molecule has 0 aromatic heterocycles. The van der Waals surface area contributed by atoms with Crippen LogP contribution in [0.1, 0.15) is 78.1 Å². The Balaban J connectivity index is 1.59. The van der Waals surface area contributed by atoms with Gasteiger partial charge in [0.15, 0.2) is 0 Å². The lowest BCUT2D eigenvalue weighted by Gasteiger charge is -2.55. The average Bonchev–Trinajstić information content (AvgIpc) is 2.84. The van der Waals surface area contributed by atoms with Gasteiger partial charge >= 0.3 is 0 Å². The Morgan fingerprint density at radius 2 is 1.67 bits per heavy atom. The molecule has 0 radical (unpaired) electrons. The molecule has 6 unspecified atom stereocenters. The lowest BCUT2D eigenvalue weighted by molar-refractivity contribution is -0.128. The van der Waals surface area contributed by atoms with Crippen molar-refractivity contribution < 1.29 is 4.79 Å². The van der Waals surface area contributed by atoms with Crippen LogP contribution in [-0.4, -0.2) is 5.78 Å². The molecular weight excluding hydrogens is 256 g/mol. The number of hydrogen-bond acceptors (Lipinski definition) is 1. The first-order chi connectivity index (χ1) is 10.1. The number of carbonyl (C=O) groups excluding carboxylic acids is 1. The van der Waals surface area contributed by atoms with Crippen LogP contribution in [0.3, 0.4) is 0 Å². The smallest absolute Gasteiger partial charge is 0.133 e. The molecule has 4 rings (SSSR count). The third-order valence-electron chi connectivity index (χ3n) is 8.37. The Morgan fingerprint density at radius 3 is 2.48 bits per heavy atom. The number of fused-ring (bicyclic) bond motifs is 5. The van der Waals surface area contributed by atoms with E-state index >= 15 is 0 Å². The highest BCUT2D eigenvalue weighted by Gasteiger charge is 2.57. The van der Waals surface area contributed by atoms with E-state index < -0.39 is 0 Å². The van der Waals surface area contributed by atoms with E-state index in [1.54, 1.807) is 0 Å². The molecule has 4 aliphatic rings. The van der Waals surface area contributed by atoms with Gasteiger partial charge in [0.1, 0.15) is 5.78 Å². The summed E-state index contributed by atoms with van der Waals surface area (Å²) in [5, 5.41) is 0. The van der Waals surface area contributed by atoms with Crippen molar-refractivity contribution in [3.63, 3.8) is 0 Å². The molecule has 0 amide bonds. The number of ketones is 1. The van der Waals surface area contributed by atoms with Gasteiger partial charge in [0, 0.05) is 5.92 Å². The molecule has 4 aliphatic carbocycles. The number of carbonyl (C=O) groups is 1. The molecule has 0 N–H and O–H groups in total. The summed E-state index contributed by atoms with van der Waals surface area (Å²) < 4.78 is 0. The molecule has 4 saturated carbocycles. The number of Topliss-reactive ketones (excluding diaryl/α,β-unsaturated/α-hetero) is 1. The van der Waals surface area contributed by atoms with Crippen LogP contribution in [0.2, 0.25) is 0 Å². The van der Waals surface area contributed by atoms with Gasteiger partial charge < -0.3 is 0 Å². The number of hydrogen-bond donors (Lipinski definition) is 0. The van der Waals surface area contributed by atoms with Gasteiger partial charge in [-0.15, -0.1) is 0 Å². The normalized spacial score (nSPS) is 52.7. The highest BCUT2D eigenvalue weighted by Crippen LogP contribution is 2.64. The van der Waals surface area contributed by atoms with Crippen molar-refractivity contribution in [2.24, 2.45) is 40.9 Å². The van der Waals surface area contributed by atoms with Gasteiger partial charge in [0.2, 0.25) is 0 Å². The second-order valence-electron chi connectivity index (χ2n) is 9.01. The molecule has 21 heavy (non-hydrogen) atoms. The van der Waals surface area contributed by atoms with Crippen LogP contribution in [0.4, 0.5) is 0 Å². The van der Waals surface area contributed by atoms with Gasteiger partial charge in [-0.05, 0) is 86.9 Å². The van der Waals surface area contributed by atoms with Crippen molar-refractivity contribution in [2.45, 2.75) is 78.1 Å². The quantitative estimate of drug-likeness (QED) is 0.645. The van der Waals surface area contributed by atoms with Gasteiger partial charge in [0.25, 0.3) is 0 Å². The Hall–Kier alpha value is -0.330. The molecule has 7 atom stereocenters. The highest BCUT2D eigenvalue weighted by molar-refractivity contribution is 5.79. The van der Waals surface area contributed by atoms with Crippen LogP contribution in [0.5, 0.6) is 0 Å². The summed E-state index contributed by atoms with van der Waals surface area (Å²) in [6, 6.07) is 0. The van der Waals surface area contributed by atoms with Gasteiger partial charge in [-0.3, -0.25) is 4.79 Å². The van der Waals surface area contributed by atoms with E-state index in [1.807, 2.05) is 6.92 Å². The van der Waals surface area contributed by atoms with E-state index in [0.29, 0.717) is 17.1 Å². The van der Waals surface area contributed by atoms with Crippen molar-refractivity contribution in [1.29, 1.82) is 0 Å². The predicted octanol–water partition coefficient (Wildman–Crippen LogP) is 5.23. The van der Waals surface area contributed by atoms with E-state index in [9.17, 15) is 4.79 Å². The van der Waals surface area contributed by atoms with E-state index in [4.69, 9.17) is 0 Å². The summed E-state index contributed by atoms with van der Waals surface area (Å²) in [7, 11) is 0. The Kier molecular flexibility index (Phi) is 3.47. The summed E-state index contributed by atoms with van der Waals surface area (Å²) in [4.78, 5) is 12.1. The standard InChI is InChI=1S/C20H32O/c1-13(21)18-9-10-19-17-8-7-14-5-3-4-6-15(14)16(17)11-12-20(18,19)2/h14-19H,3-12H2,1-2H3/t14?,15?,16?,17?,18-,19?,20?/m1/s1. The molecule has 118 valence electrons. The zero-order valence-corrected chi connectivity index (χ0v) is 13.9. The summed E-state index contributed by atoms with van der Waals surface area (Å²) >= 11 is 0. The van der Waals surface area contributed by atoms with Gasteiger partial charge in [-0.1, -0.05) is 26.2 Å². The lowest BCUT2D eigenvalue weighted by Crippen LogP contribution is -2.48. The zero-order chi connectivity index (χ0) is 14.6. The maximum Gasteiger partial charge on any atom is 0.133 e. The van der Waals surface area contributed by atoms with Crippen molar-refractivity contribution in [2.75, 3.05) is 0 Å². The predicted molar refractivity (Wildman–Crippen MR) is 85.9 cm³/mol. The minimum absolute atomic E-state index is 0.356. The summed E-state index contributed by atoms with van der Waals surface area (Å²) in [5.41, 5.74) is 0.356. The fraction of sp³-hybridized carbons (Fsp3) is 0.950. The van der Waals surface area contributed by atoms with Gasteiger partial charge in [-0.25, -0.2) is 0 Å². The second kappa shape index (κ2) is 5.10. The van der Waals surface area contributed by atoms with E-state index in [-0.39, 0.29) is 0 Å². The SMILES string of the molecule is CC(=O)[C@H]1CCC2C3CCC4CCCCC4C3CCC21C. The molecule has 0 aromatic carbocycles. The van der Waals surface area contributed by atoms with Crippen LogP contribution >= 0.6 is 0 Å². The summed E-state index contributed by atoms with van der Waals surface area (Å²) in [6.45, 7) is 4.32. The van der Waals surface area contributed by atoms with Gasteiger partial charge in [0.05, 0.1) is 0 Å². The largest absolute Gasteiger partial charge is 0.300 e. The molecule has 0 bridgehead atoms. The molecule has 0 heterocycles. The van der Waals surface area contributed by atoms with Crippen molar-refractivity contribution >= 4 is 5.78 Å². The monoisotopic (exact) mass is 288 g/mol. The lowest BCUT2D eigenvalue weighted by atomic mass is 9.49. The molecule has 1 nitrogen and oxygen atoms in total. The fourth-order valence-electron chi connectivity index (χ4n) is 7.50. The fourth-order valence-corrected chi connectivity index (χ4v) is 7.50. The molecule has 0 spiro atoms. The van der Waals surface area contributed by atoms with E-state index in [1.165, 1.54) is 64.2 Å². The maximum atomic E-state index is 12.1. The van der Waals surface area contributed by atoms with Crippen LogP contribution in [0, 0.1) is 40.9 Å². The van der Waals surface area contributed by atoms with Crippen molar-refractivity contribution in [1.82, 2.24) is 0 Å². The van der Waals surface area contributed by atoms with Crippen molar-refractivity contribution in [3.8, 4) is 0 Å². The zero-order valence-electron chi connectivity index (χ0n) is 13.9.